The summed E-state index contributed by atoms with van der Waals surface area (Å²) in [4.78, 5) is 0. The monoisotopic (exact) mass is 235 g/mol. The maximum Gasteiger partial charge on any atom is 0.0965 e. The summed E-state index contributed by atoms with van der Waals surface area (Å²) in [5.41, 5.74) is 0.505. The van der Waals surface area contributed by atoms with Crippen molar-refractivity contribution in [3.63, 3.8) is 0 Å². The van der Waals surface area contributed by atoms with E-state index in [1.54, 1.807) is 0 Å². The molecule has 0 radical (unpaired) electrons. The second-order valence-corrected chi connectivity index (χ2v) is 5.92. The van der Waals surface area contributed by atoms with Crippen LogP contribution in [0.15, 0.2) is 6.20 Å². The van der Waals surface area contributed by atoms with Gasteiger partial charge in [-0.1, -0.05) is 5.21 Å². The van der Waals surface area contributed by atoms with Gasteiger partial charge in [-0.25, -0.2) is 4.68 Å². The van der Waals surface area contributed by atoms with Gasteiger partial charge in [-0.15, -0.1) is 5.10 Å². The molecule has 0 atom stereocenters. The van der Waals surface area contributed by atoms with Crippen molar-refractivity contribution in [3.8, 4) is 6.07 Å². The van der Waals surface area contributed by atoms with E-state index in [-0.39, 0.29) is 11.0 Å². The van der Waals surface area contributed by atoms with Crippen molar-refractivity contribution in [1.82, 2.24) is 20.3 Å². The normalized spacial score (nSPS) is 12.5. The van der Waals surface area contributed by atoms with Crippen molar-refractivity contribution in [1.29, 1.82) is 5.26 Å². The van der Waals surface area contributed by atoms with Gasteiger partial charge in [0.15, 0.2) is 0 Å². The first-order chi connectivity index (χ1) is 7.74. The summed E-state index contributed by atoms with van der Waals surface area (Å²) in [7, 11) is 0. The largest absolute Gasteiger partial charge is 0.309 e. The van der Waals surface area contributed by atoms with E-state index in [1.807, 2.05) is 24.7 Å². The smallest absolute Gasteiger partial charge is 0.0965 e. The zero-order chi connectivity index (χ0) is 13.1. The topological polar surface area (TPSA) is 66.5 Å². The fraction of sp³-hybridized carbons (Fsp3) is 0.750. The number of nitriles is 1. The van der Waals surface area contributed by atoms with Crippen LogP contribution in [0.1, 0.15) is 40.3 Å². The minimum absolute atomic E-state index is 0.0445. The highest BCUT2D eigenvalue weighted by Gasteiger charge is 2.17. The first-order valence-electron chi connectivity index (χ1n) is 5.78. The lowest BCUT2D eigenvalue weighted by Crippen LogP contribution is -2.27. The molecule has 1 heterocycles. The summed E-state index contributed by atoms with van der Waals surface area (Å²) in [5.74, 6) is 0. The zero-order valence-electron chi connectivity index (χ0n) is 11.3. The molecule has 0 fully saturated rings. The van der Waals surface area contributed by atoms with E-state index >= 15 is 0 Å². The van der Waals surface area contributed by atoms with Crippen molar-refractivity contribution in [2.45, 2.75) is 46.7 Å². The summed E-state index contributed by atoms with van der Waals surface area (Å²) in [6.07, 6.45) is 1.94. The average molecular weight is 235 g/mol. The lowest BCUT2D eigenvalue weighted by Gasteiger charge is -2.17. The highest BCUT2D eigenvalue weighted by Crippen LogP contribution is 2.13. The molecular weight excluding hydrogens is 214 g/mol. The standard InChI is InChI=1S/C12H21N5/c1-11(2,3)17-7-10(15-16-17)6-14-9-12(4,5)8-13/h7,14H,6,9H2,1-5H3. The molecular formula is C12H21N5. The molecule has 0 spiro atoms. The van der Waals surface area contributed by atoms with Crippen LogP contribution in [0.2, 0.25) is 0 Å². The Morgan fingerprint density at radius 3 is 2.47 bits per heavy atom. The Morgan fingerprint density at radius 1 is 1.35 bits per heavy atom. The number of hydrogen-bond donors (Lipinski definition) is 1. The minimum Gasteiger partial charge on any atom is -0.309 e. The zero-order valence-corrected chi connectivity index (χ0v) is 11.3. The molecule has 1 rings (SSSR count). The maximum atomic E-state index is 8.88. The van der Waals surface area contributed by atoms with E-state index in [0.29, 0.717) is 13.1 Å². The predicted molar refractivity (Wildman–Crippen MR) is 66.1 cm³/mol. The maximum absolute atomic E-state index is 8.88. The Labute approximate surface area is 103 Å². The Morgan fingerprint density at radius 2 is 2.00 bits per heavy atom. The minimum atomic E-state index is -0.347. The van der Waals surface area contributed by atoms with Crippen molar-refractivity contribution < 1.29 is 0 Å². The molecule has 5 nitrogen and oxygen atoms in total. The van der Waals surface area contributed by atoms with Gasteiger partial charge in [0.05, 0.1) is 28.9 Å². The first-order valence-corrected chi connectivity index (χ1v) is 5.78. The van der Waals surface area contributed by atoms with Gasteiger partial charge >= 0.3 is 0 Å². The van der Waals surface area contributed by atoms with E-state index < -0.39 is 0 Å². The van der Waals surface area contributed by atoms with Crippen LogP contribution >= 0.6 is 0 Å². The van der Waals surface area contributed by atoms with Crippen LogP contribution in [-0.4, -0.2) is 21.5 Å². The third-order valence-corrected chi connectivity index (χ3v) is 2.40. The van der Waals surface area contributed by atoms with E-state index in [9.17, 15) is 0 Å². The highest BCUT2D eigenvalue weighted by atomic mass is 15.4. The van der Waals surface area contributed by atoms with E-state index in [4.69, 9.17) is 5.26 Å². The Hall–Kier alpha value is -1.41. The van der Waals surface area contributed by atoms with Crippen LogP contribution in [0.25, 0.3) is 0 Å². The number of rotatable bonds is 4. The Bertz CT molecular complexity index is 405. The molecule has 1 aromatic heterocycles. The van der Waals surface area contributed by atoms with Crippen LogP contribution in [-0.2, 0) is 12.1 Å². The summed E-state index contributed by atoms with van der Waals surface area (Å²) in [6, 6.07) is 2.25. The van der Waals surface area contributed by atoms with Gasteiger partial charge in [-0.05, 0) is 34.6 Å². The molecule has 0 amide bonds. The van der Waals surface area contributed by atoms with E-state index in [1.165, 1.54) is 0 Å². The molecule has 5 heteroatoms. The van der Waals surface area contributed by atoms with Gasteiger partial charge < -0.3 is 5.32 Å². The average Bonchev–Trinajstić information content (AvgIpc) is 2.66. The van der Waals surface area contributed by atoms with Gasteiger partial charge in [0.25, 0.3) is 0 Å². The number of aromatic nitrogens is 3. The van der Waals surface area contributed by atoms with E-state index in [0.717, 1.165) is 5.69 Å². The molecule has 17 heavy (non-hydrogen) atoms. The molecule has 94 valence electrons. The van der Waals surface area contributed by atoms with Crippen LogP contribution in [0, 0.1) is 16.7 Å². The van der Waals surface area contributed by atoms with Gasteiger partial charge in [0, 0.05) is 13.1 Å². The first kappa shape index (κ1) is 13.7. The van der Waals surface area contributed by atoms with Crippen molar-refractivity contribution >= 4 is 0 Å². The SMILES string of the molecule is CC(C)(C#N)CNCc1cn(C(C)(C)C)nn1. The summed E-state index contributed by atoms with van der Waals surface area (Å²) in [5, 5.41) is 20.3. The third kappa shape index (κ3) is 4.16. The highest BCUT2D eigenvalue weighted by molar-refractivity contribution is 4.97. The van der Waals surface area contributed by atoms with Gasteiger partial charge in [-0.3, -0.25) is 0 Å². The molecule has 0 aliphatic heterocycles. The van der Waals surface area contributed by atoms with E-state index in [2.05, 4.69) is 42.5 Å². The van der Waals surface area contributed by atoms with Crippen molar-refractivity contribution in [2.24, 2.45) is 5.41 Å². The second-order valence-electron chi connectivity index (χ2n) is 5.92. The fourth-order valence-corrected chi connectivity index (χ4v) is 1.25. The molecule has 0 aliphatic rings. The summed E-state index contributed by atoms with van der Waals surface area (Å²) < 4.78 is 1.85. The van der Waals surface area contributed by atoms with Crippen LogP contribution < -0.4 is 5.32 Å². The Kier molecular flexibility index (Phi) is 3.89. The predicted octanol–water partition coefficient (Wildman–Crippen LogP) is 1.67. The van der Waals surface area contributed by atoms with Gasteiger partial charge in [0.2, 0.25) is 0 Å². The lowest BCUT2D eigenvalue weighted by molar-refractivity contribution is 0.346. The van der Waals surface area contributed by atoms with Crippen molar-refractivity contribution in [2.75, 3.05) is 6.54 Å². The molecule has 0 aromatic carbocycles. The molecule has 0 saturated heterocycles. The summed E-state index contributed by atoms with van der Waals surface area (Å²) >= 11 is 0. The molecule has 0 bridgehead atoms. The van der Waals surface area contributed by atoms with Crippen LogP contribution in [0.5, 0.6) is 0 Å². The molecule has 1 N–H and O–H groups in total. The number of nitrogens with zero attached hydrogens (tertiary/aromatic N) is 4. The van der Waals surface area contributed by atoms with Crippen molar-refractivity contribution in [3.05, 3.63) is 11.9 Å². The Balaban J connectivity index is 2.49. The van der Waals surface area contributed by atoms with Crippen LogP contribution in [0.3, 0.4) is 0 Å². The fourth-order valence-electron chi connectivity index (χ4n) is 1.25. The molecule has 0 saturated carbocycles. The molecule has 1 aromatic rings. The molecule has 0 aliphatic carbocycles. The van der Waals surface area contributed by atoms with Gasteiger partial charge in [-0.2, -0.15) is 5.26 Å². The third-order valence-electron chi connectivity index (χ3n) is 2.40. The number of hydrogen-bond acceptors (Lipinski definition) is 4. The number of nitrogens with one attached hydrogen (secondary N) is 1. The van der Waals surface area contributed by atoms with Gasteiger partial charge in [0.1, 0.15) is 0 Å². The summed E-state index contributed by atoms with van der Waals surface area (Å²) in [6.45, 7) is 11.3. The molecule has 0 unspecified atom stereocenters. The quantitative estimate of drug-likeness (QED) is 0.862. The van der Waals surface area contributed by atoms with Crippen LogP contribution in [0.4, 0.5) is 0 Å². The second kappa shape index (κ2) is 4.84. The lowest BCUT2D eigenvalue weighted by atomic mass is 9.96.